The van der Waals surface area contributed by atoms with Gasteiger partial charge in [-0.05, 0) is 56.4 Å². The SMILES string of the molecule is CCCCCCOc1ccc(C(=O)NC2CCC(O)CC2)cc1. The largest absolute Gasteiger partial charge is 0.494 e. The number of benzene rings is 1. The van der Waals surface area contributed by atoms with Crippen molar-refractivity contribution in [2.75, 3.05) is 6.61 Å². The number of nitrogens with one attached hydrogen (secondary N) is 1. The molecule has 1 fully saturated rings. The van der Waals surface area contributed by atoms with Gasteiger partial charge in [0.15, 0.2) is 0 Å². The lowest BCUT2D eigenvalue weighted by atomic mass is 9.93. The number of rotatable bonds is 8. The Balaban J connectivity index is 1.74. The van der Waals surface area contributed by atoms with E-state index in [0.717, 1.165) is 44.5 Å². The number of ether oxygens (including phenoxy) is 1. The van der Waals surface area contributed by atoms with Crippen LogP contribution in [-0.2, 0) is 0 Å². The standard InChI is InChI=1S/C19H29NO3/c1-2-3-4-5-14-23-18-12-6-15(7-13-18)19(22)20-16-8-10-17(21)11-9-16/h6-7,12-13,16-17,21H,2-5,8-11,14H2,1H3,(H,20,22). The monoisotopic (exact) mass is 319 g/mol. The van der Waals surface area contributed by atoms with E-state index in [-0.39, 0.29) is 18.1 Å². The van der Waals surface area contributed by atoms with E-state index < -0.39 is 0 Å². The van der Waals surface area contributed by atoms with Gasteiger partial charge in [-0.1, -0.05) is 26.2 Å². The molecule has 1 saturated carbocycles. The zero-order valence-corrected chi connectivity index (χ0v) is 14.1. The van der Waals surface area contributed by atoms with Gasteiger partial charge >= 0.3 is 0 Å². The van der Waals surface area contributed by atoms with E-state index in [1.54, 1.807) is 0 Å². The molecule has 2 N–H and O–H groups in total. The second-order valence-electron chi connectivity index (χ2n) is 6.41. The zero-order chi connectivity index (χ0) is 16.5. The van der Waals surface area contributed by atoms with Crippen LogP contribution >= 0.6 is 0 Å². The highest BCUT2D eigenvalue weighted by Crippen LogP contribution is 2.19. The number of unbranched alkanes of at least 4 members (excludes halogenated alkanes) is 3. The van der Waals surface area contributed by atoms with Crippen LogP contribution in [0.4, 0.5) is 0 Å². The first kappa shape index (κ1) is 17.8. The molecule has 0 atom stereocenters. The number of aliphatic hydroxyl groups excluding tert-OH is 1. The number of carbonyl (C=O) groups is 1. The van der Waals surface area contributed by atoms with Gasteiger partial charge in [-0.25, -0.2) is 0 Å². The zero-order valence-electron chi connectivity index (χ0n) is 14.1. The Labute approximate surface area is 139 Å². The first-order valence-corrected chi connectivity index (χ1v) is 8.91. The van der Waals surface area contributed by atoms with E-state index >= 15 is 0 Å². The van der Waals surface area contributed by atoms with Gasteiger partial charge in [-0.3, -0.25) is 4.79 Å². The molecule has 0 spiro atoms. The van der Waals surface area contributed by atoms with Gasteiger partial charge in [0.25, 0.3) is 5.91 Å². The molecular formula is C19H29NO3. The molecule has 0 radical (unpaired) electrons. The molecule has 0 aromatic heterocycles. The molecule has 1 aliphatic rings. The van der Waals surface area contributed by atoms with Gasteiger partial charge in [0.2, 0.25) is 0 Å². The van der Waals surface area contributed by atoms with Gasteiger partial charge in [-0.15, -0.1) is 0 Å². The summed E-state index contributed by atoms with van der Waals surface area (Å²) in [7, 11) is 0. The maximum atomic E-state index is 12.2. The van der Waals surface area contributed by atoms with Gasteiger partial charge in [-0.2, -0.15) is 0 Å². The minimum atomic E-state index is -0.197. The van der Waals surface area contributed by atoms with Crippen molar-refractivity contribution in [1.29, 1.82) is 0 Å². The fraction of sp³-hybridized carbons (Fsp3) is 0.632. The lowest BCUT2D eigenvalue weighted by molar-refractivity contribution is 0.0867. The summed E-state index contributed by atoms with van der Waals surface area (Å²) in [6.07, 6.45) is 7.81. The Morgan fingerprint density at radius 2 is 1.83 bits per heavy atom. The van der Waals surface area contributed by atoms with Crippen molar-refractivity contribution in [2.24, 2.45) is 0 Å². The lowest BCUT2D eigenvalue weighted by Gasteiger charge is -2.26. The third kappa shape index (κ3) is 6.22. The molecule has 128 valence electrons. The van der Waals surface area contributed by atoms with Crippen LogP contribution in [0.5, 0.6) is 5.75 Å². The van der Waals surface area contributed by atoms with Crippen LogP contribution in [0.1, 0.15) is 68.6 Å². The van der Waals surface area contributed by atoms with Gasteiger partial charge in [0.1, 0.15) is 5.75 Å². The van der Waals surface area contributed by atoms with Crippen LogP contribution in [0.25, 0.3) is 0 Å². The number of aliphatic hydroxyl groups is 1. The van der Waals surface area contributed by atoms with E-state index in [1.165, 1.54) is 19.3 Å². The molecule has 4 nitrogen and oxygen atoms in total. The Hall–Kier alpha value is -1.55. The number of carbonyl (C=O) groups excluding carboxylic acids is 1. The fourth-order valence-electron chi connectivity index (χ4n) is 2.91. The minimum absolute atomic E-state index is 0.0408. The molecule has 23 heavy (non-hydrogen) atoms. The van der Waals surface area contributed by atoms with Crippen LogP contribution in [-0.4, -0.2) is 29.8 Å². The predicted octanol–water partition coefficient (Wildman–Crippen LogP) is 3.68. The van der Waals surface area contributed by atoms with Crippen molar-refractivity contribution >= 4 is 5.91 Å². The van der Waals surface area contributed by atoms with Gasteiger partial charge in [0, 0.05) is 11.6 Å². The topological polar surface area (TPSA) is 58.6 Å². The summed E-state index contributed by atoms with van der Waals surface area (Å²) in [6, 6.07) is 7.53. The molecular weight excluding hydrogens is 290 g/mol. The molecule has 1 aromatic rings. The quantitative estimate of drug-likeness (QED) is 0.719. The normalized spacial score (nSPS) is 21.0. The van der Waals surface area contributed by atoms with Crippen molar-refractivity contribution in [1.82, 2.24) is 5.32 Å². The second-order valence-corrected chi connectivity index (χ2v) is 6.41. The van der Waals surface area contributed by atoms with Crippen molar-refractivity contribution in [3.05, 3.63) is 29.8 Å². The Morgan fingerprint density at radius 3 is 2.48 bits per heavy atom. The lowest BCUT2D eigenvalue weighted by Crippen LogP contribution is -2.38. The molecule has 0 heterocycles. The highest BCUT2D eigenvalue weighted by molar-refractivity contribution is 5.94. The minimum Gasteiger partial charge on any atom is -0.494 e. The summed E-state index contributed by atoms with van der Waals surface area (Å²) >= 11 is 0. The maximum absolute atomic E-state index is 12.2. The highest BCUT2D eigenvalue weighted by Gasteiger charge is 2.21. The number of hydrogen-bond donors (Lipinski definition) is 2. The summed E-state index contributed by atoms with van der Waals surface area (Å²) in [5.74, 6) is 0.778. The van der Waals surface area contributed by atoms with E-state index in [4.69, 9.17) is 4.74 Å². The molecule has 0 saturated heterocycles. The Bertz CT molecular complexity index is 464. The summed E-state index contributed by atoms with van der Waals surface area (Å²) < 4.78 is 5.69. The third-order valence-corrected chi connectivity index (χ3v) is 4.42. The van der Waals surface area contributed by atoms with E-state index in [2.05, 4.69) is 12.2 Å². The van der Waals surface area contributed by atoms with Gasteiger partial charge in [0.05, 0.1) is 12.7 Å². The molecule has 1 aliphatic carbocycles. The van der Waals surface area contributed by atoms with Crippen molar-refractivity contribution in [3.63, 3.8) is 0 Å². The average molecular weight is 319 g/mol. The van der Waals surface area contributed by atoms with Crippen molar-refractivity contribution < 1.29 is 14.6 Å². The van der Waals surface area contributed by atoms with Gasteiger partial charge < -0.3 is 15.2 Å². The summed E-state index contributed by atoms with van der Waals surface area (Å²) in [5, 5.41) is 12.6. The van der Waals surface area contributed by atoms with E-state index in [9.17, 15) is 9.90 Å². The van der Waals surface area contributed by atoms with Crippen molar-refractivity contribution in [2.45, 2.75) is 70.4 Å². The highest BCUT2D eigenvalue weighted by atomic mass is 16.5. The fourth-order valence-corrected chi connectivity index (χ4v) is 2.91. The van der Waals surface area contributed by atoms with Crippen LogP contribution < -0.4 is 10.1 Å². The van der Waals surface area contributed by atoms with Crippen LogP contribution in [0.2, 0.25) is 0 Å². The average Bonchev–Trinajstić information content (AvgIpc) is 2.57. The maximum Gasteiger partial charge on any atom is 0.251 e. The first-order chi connectivity index (χ1) is 11.2. The molecule has 2 rings (SSSR count). The number of amides is 1. The summed E-state index contributed by atoms with van der Waals surface area (Å²) in [4.78, 5) is 12.2. The summed E-state index contributed by atoms with van der Waals surface area (Å²) in [6.45, 7) is 2.93. The Kier molecular flexibility index (Phi) is 7.40. The molecule has 0 unspecified atom stereocenters. The van der Waals surface area contributed by atoms with E-state index in [0.29, 0.717) is 5.56 Å². The molecule has 1 aromatic carbocycles. The molecule has 0 aliphatic heterocycles. The van der Waals surface area contributed by atoms with Crippen LogP contribution in [0.3, 0.4) is 0 Å². The molecule has 1 amide bonds. The predicted molar refractivity (Wildman–Crippen MR) is 91.8 cm³/mol. The molecule has 0 bridgehead atoms. The summed E-state index contributed by atoms with van der Waals surface area (Å²) in [5.41, 5.74) is 0.662. The van der Waals surface area contributed by atoms with Crippen molar-refractivity contribution in [3.8, 4) is 5.75 Å². The smallest absolute Gasteiger partial charge is 0.251 e. The first-order valence-electron chi connectivity index (χ1n) is 8.91. The second kappa shape index (κ2) is 9.56. The molecule has 4 heteroatoms. The number of hydrogen-bond acceptors (Lipinski definition) is 3. The third-order valence-electron chi connectivity index (χ3n) is 4.42. The Morgan fingerprint density at radius 1 is 1.13 bits per heavy atom. The van der Waals surface area contributed by atoms with E-state index in [1.807, 2.05) is 24.3 Å². The van der Waals surface area contributed by atoms with Crippen LogP contribution in [0, 0.1) is 0 Å². The van der Waals surface area contributed by atoms with Crippen LogP contribution in [0.15, 0.2) is 24.3 Å².